The average Bonchev–Trinajstić information content (AvgIpc) is 2.42. The molecule has 0 unspecified atom stereocenters. The van der Waals surface area contributed by atoms with Gasteiger partial charge in [-0.15, -0.1) is 0 Å². The average molecular weight is 343 g/mol. The Labute approximate surface area is 127 Å². The molecule has 0 radical (unpaired) electrons. The number of halogens is 1. The molecule has 0 bridgehead atoms. The number of carbonyl (C=O) groups is 1. The number of rotatable bonds is 7. The van der Waals surface area contributed by atoms with Gasteiger partial charge in [-0.3, -0.25) is 14.9 Å². The number of alkyl halides is 1. The fourth-order valence-electron chi connectivity index (χ4n) is 1.94. The lowest BCUT2D eigenvalue weighted by molar-refractivity contribution is -0.384. The van der Waals surface area contributed by atoms with Crippen LogP contribution in [-0.4, -0.2) is 34.2 Å². The molecule has 1 amide bonds. The Morgan fingerprint density at radius 3 is 2.60 bits per heavy atom. The highest BCUT2D eigenvalue weighted by atomic mass is 79.9. The highest BCUT2D eigenvalue weighted by Crippen LogP contribution is 2.18. The summed E-state index contributed by atoms with van der Waals surface area (Å²) in [5, 5.41) is 11.6. The van der Waals surface area contributed by atoms with Gasteiger partial charge in [-0.2, -0.15) is 0 Å². The molecule has 6 heteroatoms. The third kappa shape index (κ3) is 4.59. The SMILES string of the molecule is CCCCN(CCBr)C(=O)c1cc(C)cc([N+](=O)[O-])c1. The Kier molecular flexibility index (Phi) is 6.64. The molecule has 1 rings (SSSR count). The maximum absolute atomic E-state index is 12.5. The normalized spacial score (nSPS) is 10.3. The van der Waals surface area contributed by atoms with Crippen LogP contribution in [0.3, 0.4) is 0 Å². The number of aryl methyl sites for hydroxylation is 1. The van der Waals surface area contributed by atoms with Crippen molar-refractivity contribution in [1.29, 1.82) is 0 Å². The lowest BCUT2D eigenvalue weighted by Crippen LogP contribution is -2.33. The molecule has 0 heterocycles. The molecule has 0 aliphatic rings. The largest absolute Gasteiger partial charge is 0.338 e. The lowest BCUT2D eigenvalue weighted by atomic mass is 10.1. The van der Waals surface area contributed by atoms with Crippen molar-refractivity contribution in [2.45, 2.75) is 26.7 Å². The zero-order valence-corrected chi connectivity index (χ0v) is 13.4. The zero-order chi connectivity index (χ0) is 15.1. The number of nitro groups is 1. The van der Waals surface area contributed by atoms with Crippen LogP contribution in [0.25, 0.3) is 0 Å². The van der Waals surface area contributed by atoms with Gasteiger partial charge in [-0.1, -0.05) is 29.3 Å². The zero-order valence-electron chi connectivity index (χ0n) is 11.8. The summed E-state index contributed by atoms with van der Waals surface area (Å²) >= 11 is 3.33. The molecule has 20 heavy (non-hydrogen) atoms. The van der Waals surface area contributed by atoms with Crippen molar-refractivity contribution >= 4 is 27.5 Å². The highest BCUT2D eigenvalue weighted by molar-refractivity contribution is 9.09. The van der Waals surface area contributed by atoms with Crippen LogP contribution < -0.4 is 0 Å². The standard InChI is InChI=1S/C14H19BrN2O3/c1-3-4-6-16(7-5-15)14(18)12-8-11(2)9-13(10-12)17(19)20/h8-10H,3-7H2,1-2H3. The molecular weight excluding hydrogens is 324 g/mol. The van der Waals surface area contributed by atoms with E-state index >= 15 is 0 Å². The van der Waals surface area contributed by atoms with E-state index in [4.69, 9.17) is 0 Å². The van der Waals surface area contributed by atoms with Crippen LogP contribution >= 0.6 is 15.9 Å². The summed E-state index contributed by atoms with van der Waals surface area (Å²) in [5.41, 5.74) is 1.06. The molecule has 0 saturated heterocycles. The minimum absolute atomic E-state index is 0.0392. The maximum Gasteiger partial charge on any atom is 0.270 e. The fraction of sp³-hybridized carbons (Fsp3) is 0.500. The third-order valence-corrected chi connectivity index (χ3v) is 3.30. The lowest BCUT2D eigenvalue weighted by Gasteiger charge is -2.21. The van der Waals surface area contributed by atoms with Crippen LogP contribution in [0, 0.1) is 17.0 Å². The summed E-state index contributed by atoms with van der Waals surface area (Å²) in [5.74, 6) is -0.148. The minimum atomic E-state index is -0.468. The molecule has 110 valence electrons. The summed E-state index contributed by atoms with van der Waals surface area (Å²) in [6.07, 6.45) is 1.92. The van der Waals surface area contributed by atoms with Gasteiger partial charge in [0.25, 0.3) is 11.6 Å². The first-order chi connectivity index (χ1) is 9.49. The summed E-state index contributed by atoms with van der Waals surface area (Å²) in [7, 11) is 0. The van der Waals surface area contributed by atoms with E-state index in [1.165, 1.54) is 12.1 Å². The van der Waals surface area contributed by atoms with Crippen LogP contribution in [0.1, 0.15) is 35.7 Å². The van der Waals surface area contributed by atoms with Gasteiger partial charge in [0.1, 0.15) is 0 Å². The summed E-state index contributed by atoms with van der Waals surface area (Å²) in [4.78, 5) is 24.6. The van der Waals surface area contributed by atoms with Gasteiger partial charge in [0.05, 0.1) is 4.92 Å². The monoisotopic (exact) mass is 342 g/mol. The molecule has 0 fully saturated rings. The Morgan fingerprint density at radius 2 is 2.05 bits per heavy atom. The number of hydrogen-bond acceptors (Lipinski definition) is 3. The fourth-order valence-corrected chi connectivity index (χ4v) is 2.37. The topological polar surface area (TPSA) is 63.5 Å². The number of hydrogen-bond donors (Lipinski definition) is 0. The quantitative estimate of drug-likeness (QED) is 0.432. The van der Waals surface area contributed by atoms with Gasteiger partial charge in [0.2, 0.25) is 0 Å². The van der Waals surface area contributed by atoms with Crippen LogP contribution in [0.2, 0.25) is 0 Å². The Balaban J connectivity index is 3.01. The number of benzene rings is 1. The van der Waals surface area contributed by atoms with Gasteiger partial charge in [0, 0.05) is 36.1 Å². The van der Waals surface area contributed by atoms with E-state index in [0.717, 1.165) is 18.4 Å². The van der Waals surface area contributed by atoms with Crippen LogP contribution in [0.4, 0.5) is 5.69 Å². The summed E-state index contributed by atoms with van der Waals surface area (Å²) < 4.78 is 0. The molecule has 0 atom stereocenters. The van der Waals surface area contributed by atoms with Gasteiger partial charge < -0.3 is 4.90 Å². The van der Waals surface area contributed by atoms with Crippen molar-refractivity contribution in [3.8, 4) is 0 Å². The van der Waals surface area contributed by atoms with Crippen molar-refractivity contribution < 1.29 is 9.72 Å². The first-order valence-electron chi connectivity index (χ1n) is 6.61. The number of unbranched alkanes of at least 4 members (excludes halogenated alkanes) is 1. The molecule has 1 aromatic carbocycles. The van der Waals surface area contributed by atoms with Gasteiger partial charge in [-0.25, -0.2) is 0 Å². The molecule has 0 N–H and O–H groups in total. The predicted octanol–water partition coefficient (Wildman–Crippen LogP) is 3.54. The smallest absolute Gasteiger partial charge is 0.270 e. The Hall–Kier alpha value is -1.43. The Bertz CT molecular complexity index is 491. The second-order valence-corrected chi connectivity index (χ2v) is 5.44. The van der Waals surface area contributed by atoms with Crippen LogP contribution in [0.15, 0.2) is 18.2 Å². The molecule has 1 aromatic rings. The van der Waals surface area contributed by atoms with E-state index in [1.807, 2.05) is 0 Å². The number of nitrogens with zero attached hydrogens (tertiary/aromatic N) is 2. The second-order valence-electron chi connectivity index (χ2n) is 4.65. The predicted molar refractivity (Wildman–Crippen MR) is 82.4 cm³/mol. The molecule has 0 aliphatic heterocycles. The highest BCUT2D eigenvalue weighted by Gasteiger charge is 2.18. The first kappa shape index (κ1) is 16.6. The van der Waals surface area contributed by atoms with Crippen LogP contribution in [-0.2, 0) is 0 Å². The van der Waals surface area contributed by atoms with Crippen molar-refractivity contribution in [2.24, 2.45) is 0 Å². The summed E-state index contributed by atoms with van der Waals surface area (Å²) in [6.45, 7) is 5.09. The van der Waals surface area contributed by atoms with Crippen molar-refractivity contribution in [3.05, 3.63) is 39.4 Å². The minimum Gasteiger partial charge on any atom is -0.338 e. The van der Waals surface area contributed by atoms with E-state index in [1.54, 1.807) is 17.9 Å². The van der Waals surface area contributed by atoms with E-state index in [2.05, 4.69) is 22.9 Å². The molecule has 5 nitrogen and oxygen atoms in total. The molecule has 0 spiro atoms. The van der Waals surface area contributed by atoms with Crippen molar-refractivity contribution in [1.82, 2.24) is 4.90 Å². The van der Waals surface area contributed by atoms with Crippen molar-refractivity contribution in [3.63, 3.8) is 0 Å². The van der Waals surface area contributed by atoms with E-state index in [0.29, 0.717) is 24.0 Å². The van der Waals surface area contributed by atoms with Gasteiger partial charge >= 0.3 is 0 Å². The Morgan fingerprint density at radius 1 is 1.35 bits per heavy atom. The molecule has 0 saturated carbocycles. The van der Waals surface area contributed by atoms with E-state index < -0.39 is 4.92 Å². The number of amides is 1. The number of nitro benzene ring substituents is 1. The van der Waals surface area contributed by atoms with E-state index in [9.17, 15) is 14.9 Å². The van der Waals surface area contributed by atoms with Gasteiger partial charge in [0.15, 0.2) is 0 Å². The molecule has 0 aromatic heterocycles. The van der Waals surface area contributed by atoms with Gasteiger partial charge in [-0.05, 0) is 25.0 Å². The maximum atomic E-state index is 12.5. The number of carbonyl (C=O) groups excluding carboxylic acids is 1. The summed E-state index contributed by atoms with van der Waals surface area (Å²) in [6, 6.07) is 4.52. The molecule has 0 aliphatic carbocycles. The van der Waals surface area contributed by atoms with E-state index in [-0.39, 0.29) is 11.6 Å². The van der Waals surface area contributed by atoms with Crippen molar-refractivity contribution in [2.75, 3.05) is 18.4 Å². The molecular formula is C14H19BrN2O3. The third-order valence-electron chi connectivity index (χ3n) is 2.94. The second kappa shape index (κ2) is 7.99. The van der Waals surface area contributed by atoms with Crippen LogP contribution in [0.5, 0.6) is 0 Å². The number of non-ortho nitro benzene ring substituents is 1. The first-order valence-corrected chi connectivity index (χ1v) is 7.73.